The fourth-order valence-corrected chi connectivity index (χ4v) is 3.29. The van der Waals surface area contributed by atoms with Crippen LogP contribution in [0.25, 0.3) is 0 Å². The summed E-state index contributed by atoms with van der Waals surface area (Å²) in [7, 11) is 0. The fourth-order valence-electron chi connectivity index (χ4n) is 2.48. The van der Waals surface area contributed by atoms with Gasteiger partial charge in [-0.1, -0.05) is 0 Å². The van der Waals surface area contributed by atoms with Gasteiger partial charge in [0.2, 0.25) is 5.95 Å². The Hall–Kier alpha value is -1.53. The molecule has 1 atom stereocenters. The lowest BCUT2D eigenvalue weighted by Gasteiger charge is -2.16. The Balaban J connectivity index is 1.56. The van der Waals surface area contributed by atoms with Crippen LogP contribution in [0.1, 0.15) is 22.7 Å². The molecule has 1 fully saturated rings. The number of likely N-dealkylation sites (tertiary alicyclic amines) is 1. The van der Waals surface area contributed by atoms with Gasteiger partial charge >= 0.3 is 0 Å². The van der Waals surface area contributed by atoms with Crippen molar-refractivity contribution in [3.05, 3.63) is 34.0 Å². The van der Waals surface area contributed by atoms with Crippen LogP contribution in [0.15, 0.2) is 17.8 Å². The van der Waals surface area contributed by atoms with Gasteiger partial charge in [-0.2, -0.15) is 0 Å². The normalized spacial score (nSPS) is 19.4. The fraction of sp³-hybridized carbons (Fsp3) is 0.500. The van der Waals surface area contributed by atoms with Crippen LogP contribution in [0.5, 0.6) is 0 Å². The first-order valence-electron chi connectivity index (χ1n) is 6.88. The first-order valence-corrected chi connectivity index (χ1v) is 7.76. The molecule has 1 saturated heterocycles. The average Bonchev–Trinajstić information content (AvgIpc) is 3.01. The third kappa shape index (κ3) is 3.13. The topological polar surface area (TPSA) is 53.9 Å². The van der Waals surface area contributed by atoms with E-state index in [1.165, 1.54) is 4.88 Å². The molecule has 106 valence electrons. The molecule has 2 aromatic rings. The van der Waals surface area contributed by atoms with Crippen molar-refractivity contribution >= 4 is 17.3 Å². The van der Waals surface area contributed by atoms with Crippen LogP contribution in [0.4, 0.5) is 5.95 Å². The molecule has 1 N–H and O–H groups in total. The first-order chi connectivity index (χ1) is 9.70. The predicted octanol–water partition coefficient (Wildman–Crippen LogP) is 2.24. The molecular formula is C14H19N5S. The van der Waals surface area contributed by atoms with Gasteiger partial charge in [0.15, 0.2) is 0 Å². The van der Waals surface area contributed by atoms with Gasteiger partial charge in [0, 0.05) is 42.4 Å². The van der Waals surface area contributed by atoms with Gasteiger partial charge in [0.25, 0.3) is 0 Å². The molecule has 0 saturated carbocycles. The number of hydrogen-bond donors (Lipinski definition) is 1. The third-order valence-corrected chi connectivity index (χ3v) is 4.53. The number of hydrogen-bond acceptors (Lipinski definition) is 6. The number of nitrogens with one attached hydrogen (secondary N) is 1. The third-order valence-electron chi connectivity index (χ3n) is 3.61. The van der Waals surface area contributed by atoms with Gasteiger partial charge in [0.05, 0.1) is 11.2 Å². The SMILES string of the molecule is Cc1ccnc(NC2CCN(Cc3scnc3C)C2)n1. The molecule has 0 bridgehead atoms. The number of aromatic nitrogens is 3. The summed E-state index contributed by atoms with van der Waals surface area (Å²) in [5, 5.41) is 3.43. The maximum absolute atomic E-state index is 4.40. The van der Waals surface area contributed by atoms with Gasteiger partial charge in [-0.25, -0.2) is 15.0 Å². The molecule has 3 heterocycles. The average molecular weight is 289 g/mol. The van der Waals surface area contributed by atoms with Crippen LogP contribution in [-0.2, 0) is 6.54 Å². The van der Waals surface area contributed by atoms with E-state index in [-0.39, 0.29) is 0 Å². The minimum Gasteiger partial charge on any atom is -0.350 e. The summed E-state index contributed by atoms with van der Waals surface area (Å²) in [6.45, 7) is 7.22. The molecule has 1 aliphatic rings. The molecule has 0 amide bonds. The second-order valence-corrected chi connectivity index (χ2v) is 6.19. The highest BCUT2D eigenvalue weighted by Gasteiger charge is 2.23. The van der Waals surface area contributed by atoms with E-state index in [2.05, 4.69) is 32.1 Å². The van der Waals surface area contributed by atoms with Gasteiger partial charge in [-0.05, 0) is 26.3 Å². The standard InChI is InChI=1S/C14H19N5S/c1-10-3-5-15-14(17-10)18-12-4-6-19(7-12)8-13-11(2)16-9-20-13/h3,5,9,12H,4,6-8H2,1-2H3,(H,15,17,18). The molecule has 0 aliphatic carbocycles. The Bertz CT molecular complexity index is 582. The van der Waals surface area contributed by atoms with E-state index in [0.717, 1.165) is 43.4 Å². The quantitative estimate of drug-likeness (QED) is 0.935. The number of aryl methyl sites for hydroxylation is 2. The van der Waals surface area contributed by atoms with Crippen molar-refractivity contribution in [3.63, 3.8) is 0 Å². The summed E-state index contributed by atoms with van der Waals surface area (Å²) in [4.78, 5) is 16.8. The van der Waals surface area contributed by atoms with E-state index in [9.17, 15) is 0 Å². The Labute approximate surface area is 123 Å². The van der Waals surface area contributed by atoms with Crippen molar-refractivity contribution in [1.29, 1.82) is 0 Å². The van der Waals surface area contributed by atoms with E-state index < -0.39 is 0 Å². The summed E-state index contributed by atoms with van der Waals surface area (Å²) >= 11 is 1.75. The maximum Gasteiger partial charge on any atom is 0.223 e. The summed E-state index contributed by atoms with van der Waals surface area (Å²) < 4.78 is 0. The van der Waals surface area contributed by atoms with Crippen LogP contribution in [0.3, 0.4) is 0 Å². The molecule has 2 aromatic heterocycles. The van der Waals surface area contributed by atoms with Crippen LogP contribution < -0.4 is 5.32 Å². The minimum atomic E-state index is 0.435. The van der Waals surface area contributed by atoms with Crippen LogP contribution in [0.2, 0.25) is 0 Å². The number of thiazole rings is 1. The van der Waals surface area contributed by atoms with Crippen molar-refractivity contribution < 1.29 is 0 Å². The largest absolute Gasteiger partial charge is 0.350 e. The molecule has 5 nitrogen and oxygen atoms in total. The predicted molar refractivity (Wildman–Crippen MR) is 80.9 cm³/mol. The van der Waals surface area contributed by atoms with Crippen molar-refractivity contribution in [2.75, 3.05) is 18.4 Å². The summed E-state index contributed by atoms with van der Waals surface area (Å²) in [6.07, 6.45) is 2.94. The van der Waals surface area contributed by atoms with Crippen molar-refractivity contribution in [2.24, 2.45) is 0 Å². The molecule has 3 rings (SSSR count). The first kappa shape index (κ1) is 13.5. The number of rotatable bonds is 4. The zero-order valence-corrected chi connectivity index (χ0v) is 12.7. The summed E-state index contributed by atoms with van der Waals surface area (Å²) in [5.41, 5.74) is 4.09. The molecule has 0 spiro atoms. The van der Waals surface area contributed by atoms with Gasteiger partial charge in [-0.3, -0.25) is 4.90 Å². The van der Waals surface area contributed by atoms with Crippen LogP contribution >= 0.6 is 11.3 Å². The van der Waals surface area contributed by atoms with E-state index in [1.54, 1.807) is 17.5 Å². The summed E-state index contributed by atoms with van der Waals surface area (Å²) in [6, 6.07) is 2.35. The Morgan fingerprint density at radius 2 is 2.30 bits per heavy atom. The van der Waals surface area contributed by atoms with E-state index in [1.807, 2.05) is 18.5 Å². The number of anilines is 1. The molecule has 1 unspecified atom stereocenters. The Kier molecular flexibility index (Phi) is 3.93. The van der Waals surface area contributed by atoms with Gasteiger partial charge in [-0.15, -0.1) is 11.3 Å². The molecular weight excluding hydrogens is 270 g/mol. The lowest BCUT2D eigenvalue weighted by atomic mass is 10.3. The molecule has 6 heteroatoms. The zero-order valence-electron chi connectivity index (χ0n) is 11.8. The van der Waals surface area contributed by atoms with Gasteiger partial charge < -0.3 is 5.32 Å². The molecule has 1 aliphatic heterocycles. The van der Waals surface area contributed by atoms with Crippen LogP contribution in [-0.4, -0.2) is 39.0 Å². The molecule has 0 aromatic carbocycles. The van der Waals surface area contributed by atoms with Crippen molar-refractivity contribution in [1.82, 2.24) is 19.9 Å². The second-order valence-electron chi connectivity index (χ2n) is 5.25. The van der Waals surface area contributed by atoms with Crippen LogP contribution in [0, 0.1) is 13.8 Å². The second kappa shape index (κ2) is 5.85. The lowest BCUT2D eigenvalue weighted by Crippen LogP contribution is -2.26. The Morgan fingerprint density at radius 1 is 1.40 bits per heavy atom. The van der Waals surface area contributed by atoms with Gasteiger partial charge in [0.1, 0.15) is 0 Å². The van der Waals surface area contributed by atoms with E-state index >= 15 is 0 Å². The zero-order chi connectivity index (χ0) is 13.9. The maximum atomic E-state index is 4.40. The minimum absolute atomic E-state index is 0.435. The molecule has 20 heavy (non-hydrogen) atoms. The Morgan fingerprint density at radius 3 is 3.05 bits per heavy atom. The highest BCUT2D eigenvalue weighted by Crippen LogP contribution is 2.20. The highest BCUT2D eigenvalue weighted by atomic mass is 32.1. The summed E-state index contributed by atoms with van der Waals surface area (Å²) in [5.74, 6) is 0.742. The monoisotopic (exact) mass is 289 g/mol. The molecule has 0 radical (unpaired) electrons. The van der Waals surface area contributed by atoms with Crippen molar-refractivity contribution in [3.8, 4) is 0 Å². The van der Waals surface area contributed by atoms with E-state index in [0.29, 0.717) is 6.04 Å². The smallest absolute Gasteiger partial charge is 0.223 e. The van der Waals surface area contributed by atoms with Crippen molar-refractivity contribution in [2.45, 2.75) is 32.9 Å². The highest BCUT2D eigenvalue weighted by molar-refractivity contribution is 7.09. The lowest BCUT2D eigenvalue weighted by molar-refractivity contribution is 0.330. The number of nitrogens with zero attached hydrogens (tertiary/aromatic N) is 4. The van der Waals surface area contributed by atoms with E-state index in [4.69, 9.17) is 0 Å².